The topological polar surface area (TPSA) is 28.2 Å². The lowest BCUT2D eigenvalue weighted by atomic mass is 9.94. The summed E-state index contributed by atoms with van der Waals surface area (Å²) in [6, 6.07) is 2.24. The SMILES string of the molecule is CCCNCc1ccnc(N(CC)C2CCCCC2)c1F. The maximum absolute atomic E-state index is 14.7. The molecule has 4 heteroatoms. The van der Waals surface area contributed by atoms with E-state index in [1.807, 2.05) is 0 Å². The standard InChI is InChI=1S/C17H28FN3/c1-3-11-19-13-14-10-12-20-17(16(14)18)21(4-2)15-8-6-5-7-9-15/h10,12,15,19H,3-9,11,13H2,1-2H3. The van der Waals surface area contributed by atoms with Gasteiger partial charge in [-0.3, -0.25) is 0 Å². The molecule has 1 N–H and O–H groups in total. The second-order valence-electron chi connectivity index (χ2n) is 5.86. The molecule has 0 spiro atoms. The maximum Gasteiger partial charge on any atom is 0.170 e. The highest BCUT2D eigenvalue weighted by atomic mass is 19.1. The van der Waals surface area contributed by atoms with Gasteiger partial charge in [0.1, 0.15) is 0 Å². The lowest BCUT2D eigenvalue weighted by molar-refractivity contribution is 0.411. The van der Waals surface area contributed by atoms with Gasteiger partial charge in [-0.05, 0) is 38.8 Å². The third-order valence-corrected chi connectivity index (χ3v) is 4.32. The zero-order valence-corrected chi connectivity index (χ0v) is 13.4. The van der Waals surface area contributed by atoms with Crippen LogP contribution in [0.2, 0.25) is 0 Å². The molecule has 118 valence electrons. The van der Waals surface area contributed by atoms with Crippen LogP contribution in [0, 0.1) is 5.82 Å². The zero-order chi connectivity index (χ0) is 15.1. The predicted octanol–water partition coefficient (Wildman–Crippen LogP) is 3.88. The molecule has 0 unspecified atom stereocenters. The van der Waals surface area contributed by atoms with Crippen LogP contribution in [0.1, 0.15) is 57.9 Å². The molecule has 1 saturated carbocycles. The number of rotatable bonds is 7. The minimum absolute atomic E-state index is 0.145. The Kier molecular flexibility index (Phi) is 6.43. The molecule has 1 fully saturated rings. The fourth-order valence-corrected chi connectivity index (χ4v) is 3.18. The molecule has 21 heavy (non-hydrogen) atoms. The van der Waals surface area contributed by atoms with Gasteiger partial charge >= 0.3 is 0 Å². The van der Waals surface area contributed by atoms with Crippen LogP contribution in [0.4, 0.5) is 10.2 Å². The van der Waals surface area contributed by atoms with E-state index in [1.54, 1.807) is 12.3 Å². The van der Waals surface area contributed by atoms with Gasteiger partial charge in [-0.1, -0.05) is 26.2 Å². The average molecular weight is 293 g/mol. The summed E-state index contributed by atoms with van der Waals surface area (Å²) in [5.74, 6) is 0.397. The fraction of sp³-hybridized carbons (Fsp3) is 0.706. The molecule has 0 radical (unpaired) electrons. The van der Waals surface area contributed by atoms with Crippen LogP contribution in [0.15, 0.2) is 12.3 Å². The summed E-state index contributed by atoms with van der Waals surface area (Å²) in [6.45, 7) is 6.52. The summed E-state index contributed by atoms with van der Waals surface area (Å²) in [5, 5.41) is 3.27. The molecule has 1 aromatic rings. The Morgan fingerprint density at radius 2 is 2.05 bits per heavy atom. The molecule has 0 bridgehead atoms. The van der Waals surface area contributed by atoms with Gasteiger partial charge in [-0.15, -0.1) is 0 Å². The van der Waals surface area contributed by atoms with E-state index in [-0.39, 0.29) is 5.82 Å². The first-order valence-corrected chi connectivity index (χ1v) is 8.38. The molecule has 1 aromatic heterocycles. The van der Waals surface area contributed by atoms with Crippen molar-refractivity contribution in [1.82, 2.24) is 10.3 Å². The molecule has 0 aromatic carbocycles. The summed E-state index contributed by atoms with van der Waals surface area (Å²) in [4.78, 5) is 6.50. The normalized spacial score (nSPS) is 16.1. The number of hydrogen-bond donors (Lipinski definition) is 1. The zero-order valence-electron chi connectivity index (χ0n) is 13.4. The first kappa shape index (κ1) is 16.2. The van der Waals surface area contributed by atoms with Gasteiger partial charge in [0.05, 0.1) is 0 Å². The van der Waals surface area contributed by atoms with Gasteiger partial charge in [0.2, 0.25) is 0 Å². The minimum Gasteiger partial charge on any atom is -0.351 e. The first-order chi connectivity index (χ1) is 10.3. The van der Waals surface area contributed by atoms with Crippen molar-refractivity contribution < 1.29 is 4.39 Å². The van der Waals surface area contributed by atoms with E-state index in [0.29, 0.717) is 18.4 Å². The number of anilines is 1. The number of nitrogens with one attached hydrogen (secondary N) is 1. The Bertz CT molecular complexity index is 430. The van der Waals surface area contributed by atoms with E-state index in [1.165, 1.54) is 19.3 Å². The molecule has 3 nitrogen and oxygen atoms in total. The summed E-state index contributed by atoms with van der Waals surface area (Å²) >= 11 is 0. The van der Waals surface area contributed by atoms with E-state index >= 15 is 0 Å². The van der Waals surface area contributed by atoms with Crippen LogP contribution < -0.4 is 10.2 Å². The molecule has 0 amide bonds. The summed E-state index contributed by atoms with van der Waals surface area (Å²) < 4.78 is 14.7. The summed E-state index contributed by atoms with van der Waals surface area (Å²) in [5.41, 5.74) is 0.725. The molecular formula is C17H28FN3. The Labute approximate surface area is 127 Å². The Hall–Kier alpha value is -1.16. The summed E-state index contributed by atoms with van der Waals surface area (Å²) in [7, 11) is 0. The second kappa shape index (κ2) is 8.32. The van der Waals surface area contributed by atoms with Gasteiger partial charge < -0.3 is 10.2 Å². The smallest absolute Gasteiger partial charge is 0.170 e. The van der Waals surface area contributed by atoms with Gasteiger partial charge in [0.15, 0.2) is 11.6 Å². The van der Waals surface area contributed by atoms with E-state index < -0.39 is 0 Å². The van der Waals surface area contributed by atoms with E-state index in [0.717, 1.165) is 37.9 Å². The fourth-order valence-electron chi connectivity index (χ4n) is 3.18. The van der Waals surface area contributed by atoms with Crippen LogP contribution in [0.25, 0.3) is 0 Å². The first-order valence-electron chi connectivity index (χ1n) is 8.38. The lowest BCUT2D eigenvalue weighted by Gasteiger charge is -2.34. The predicted molar refractivity (Wildman–Crippen MR) is 86.1 cm³/mol. The molecule has 1 aliphatic carbocycles. The van der Waals surface area contributed by atoms with E-state index in [4.69, 9.17) is 0 Å². The minimum atomic E-state index is -0.145. The van der Waals surface area contributed by atoms with Crippen molar-refractivity contribution >= 4 is 5.82 Å². The van der Waals surface area contributed by atoms with Gasteiger partial charge in [-0.25, -0.2) is 9.37 Å². The molecule has 0 aliphatic heterocycles. The van der Waals surface area contributed by atoms with Crippen LogP contribution in [0.3, 0.4) is 0 Å². The molecule has 0 atom stereocenters. The Balaban J connectivity index is 2.14. The highest BCUT2D eigenvalue weighted by molar-refractivity contribution is 5.44. The Morgan fingerprint density at radius 1 is 1.29 bits per heavy atom. The number of halogens is 1. The quantitative estimate of drug-likeness (QED) is 0.773. The molecule has 1 aliphatic rings. The van der Waals surface area contributed by atoms with Crippen molar-refractivity contribution in [3.05, 3.63) is 23.6 Å². The van der Waals surface area contributed by atoms with E-state index in [2.05, 4.69) is 29.0 Å². The van der Waals surface area contributed by atoms with Crippen LogP contribution in [-0.4, -0.2) is 24.1 Å². The van der Waals surface area contributed by atoms with Crippen LogP contribution in [0.5, 0.6) is 0 Å². The highest BCUT2D eigenvalue weighted by Gasteiger charge is 2.24. The van der Waals surface area contributed by atoms with Gasteiger partial charge in [0, 0.05) is 30.9 Å². The van der Waals surface area contributed by atoms with Crippen molar-refractivity contribution in [2.75, 3.05) is 18.0 Å². The van der Waals surface area contributed by atoms with Crippen molar-refractivity contribution in [1.29, 1.82) is 0 Å². The number of nitrogens with zero attached hydrogens (tertiary/aromatic N) is 2. The van der Waals surface area contributed by atoms with Crippen molar-refractivity contribution in [3.8, 4) is 0 Å². The maximum atomic E-state index is 14.7. The second-order valence-corrected chi connectivity index (χ2v) is 5.86. The van der Waals surface area contributed by atoms with Gasteiger partial charge in [-0.2, -0.15) is 0 Å². The van der Waals surface area contributed by atoms with Crippen molar-refractivity contribution in [3.63, 3.8) is 0 Å². The highest BCUT2D eigenvalue weighted by Crippen LogP contribution is 2.28. The van der Waals surface area contributed by atoms with E-state index in [9.17, 15) is 4.39 Å². The molecule has 2 rings (SSSR count). The number of pyridine rings is 1. The Morgan fingerprint density at radius 3 is 2.71 bits per heavy atom. The van der Waals surface area contributed by atoms with Crippen molar-refractivity contribution in [2.24, 2.45) is 0 Å². The molecular weight excluding hydrogens is 265 g/mol. The van der Waals surface area contributed by atoms with Gasteiger partial charge in [0.25, 0.3) is 0 Å². The van der Waals surface area contributed by atoms with Crippen LogP contribution >= 0.6 is 0 Å². The number of hydrogen-bond acceptors (Lipinski definition) is 3. The van der Waals surface area contributed by atoms with Crippen LogP contribution in [-0.2, 0) is 6.54 Å². The number of aromatic nitrogens is 1. The molecule has 0 saturated heterocycles. The summed E-state index contributed by atoms with van der Waals surface area (Å²) in [6.07, 6.45) is 8.93. The third-order valence-electron chi connectivity index (χ3n) is 4.32. The monoisotopic (exact) mass is 293 g/mol. The largest absolute Gasteiger partial charge is 0.351 e. The molecule has 1 heterocycles. The lowest BCUT2D eigenvalue weighted by Crippen LogP contribution is -2.38. The average Bonchev–Trinajstić information content (AvgIpc) is 2.52. The van der Waals surface area contributed by atoms with Crippen molar-refractivity contribution in [2.45, 2.75) is 65.0 Å². The third kappa shape index (κ3) is 4.16.